The van der Waals surface area contributed by atoms with Gasteiger partial charge in [0, 0.05) is 4.90 Å². The van der Waals surface area contributed by atoms with Gasteiger partial charge in [-0.15, -0.1) is 12.6 Å². The van der Waals surface area contributed by atoms with Crippen molar-refractivity contribution in [3.63, 3.8) is 0 Å². The van der Waals surface area contributed by atoms with Crippen LogP contribution in [0.1, 0.15) is 15.9 Å². The smallest absolute Gasteiger partial charge is 0.387 e. The summed E-state index contributed by atoms with van der Waals surface area (Å²) in [4.78, 5) is 11.4. The molecule has 0 saturated carbocycles. The Kier molecular flexibility index (Phi) is 4.29. The maximum Gasteiger partial charge on any atom is 0.387 e. The van der Waals surface area contributed by atoms with Crippen LogP contribution in [0, 0.1) is 11.3 Å². The number of hydrogen-bond donors (Lipinski definition) is 1. The molecule has 0 aliphatic carbocycles. The summed E-state index contributed by atoms with van der Waals surface area (Å²) in [6, 6.07) is 3.83. The number of halogens is 2. The van der Waals surface area contributed by atoms with Crippen LogP contribution in [0.3, 0.4) is 0 Å². The van der Waals surface area contributed by atoms with Gasteiger partial charge in [-0.25, -0.2) is 4.79 Å². The molecule has 0 saturated heterocycles. The maximum absolute atomic E-state index is 12.1. The number of hydrogen-bond acceptors (Lipinski definition) is 5. The van der Waals surface area contributed by atoms with Gasteiger partial charge in [-0.1, -0.05) is 0 Å². The fourth-order valence-electron chi connectivity index (χ4n) is 1.12. The van der Waals surface area contributed by atoms with Crippen LogP contribution >= 0.6 is 12.6 Å². The number of alkyl halides is 2. The molecule has 0 heterocycles. The number of benzene rings is 1. The predicted octanol–water partition coefficient (Wildman–Crippen LogP) is 2.23. The summed E-state index contributed by atoms with van der Waals surface area (Å²) in [5.41, 5.74) is -0.187. The lowest BCUT2D eigenvalue weighted by Crippen LogP contribution is -2.07. The molecule has 0 unspecified atom stereocenters. The molecule has 0 fully saturated rings. The van der Waals surface area contributed by atoms with Gasteiger partial charge in [-0.05, 0) is 12.1 Å². The molecule has 0 atom stereocenters. The first kappa shape index (κ1) is 13.3. The highest BCUT2D eigenvalue weighted by molar-refractivity contribution is 7.80. The molecule has 0 spiro atoms. The number of nitriles is 1. The topological polar surface area (TPSA) is 59.3 Å². The van der Waals surface area contributed by atoms with Crippen molar-refractivity contribution in [1.29, 1.82) is 5.26 Å². The molecular formula is C10H7F2NO3S. The SMILES string of the molecule is COC(=O)c1cc(OC(F)F)c(C#N)cc1S. The summed E-state index contributed by atoms with van der Waals surface area (Å²) in [7, 11) is 1.14. The first-order chi connectivity index (χ1) is 7.99. The van der Waals surface area contributed by atoms with Crippen molar-refractivity contribution in [1.82, 2.24) is 0 Å². The molecule has 0 radical (unpaired) electrons. The summed E-state index contributed by atoms with van der Waals surface area (Å²) < 4.78 is 32.7. The van der Waals surface area contributed by atoms with E-state index in [4.69, 9.17) is 5.26 Å². The van der Waals surface area contributed by atoms with Gasteiger partial charge < -0.3 is 9.47 Å². The van der Waals surface area contributed by atoms with E-state index in [0.717, 1.165) is 19.2 Å². The molecule has 90 valence electrons. The van der Waals surface area contributed by atoms with Crippen molar-refractivity contribution >= 4 is 18.6 Å². The molecule has 0 aliphatic rings. The average Bonchev–Trinajstić information content (AvgIpc) is 2.29. The van der Waals surface area contributed by atoms with Crippen LogP contribution in [-0.4, -0.2) is 19.7 Å². The second-order valence-electron chi connectivity index (χ2n) is 2.85. The van der Waals surface area contributed by atoms with Crippen LogP contribution in [0.2, 0.25) is 0 Å². The summed E-state index contributed by atoms with van der Waals surface area (Å²) in [6.45, 7) is -3.08. The number of thiol groups is 1. The quantitative estimate of drug-likeness (QED) is 0.668. The van der Waals surface area contributed by atoms with Crippen LogP contribution in [0.4, 0.5) is 8.78 Å². The molecule has 0 bridgehead atoms. The molecule has 0 N–H and O–H groups in total. The minimum absolute atomic E-state index is 0.0505. The van der Waals surface area contributed by atoms with Gasteiger partial charge >= 0.3 is 12.6 Å². The van der Waals surface area contributed by atoms with Gasteiger partial charge in [0.1, 0.15) is 11.8 Å². The Hall–Kier alpha value is -1.81. The molecule has 17 heavy (non-hydrogen) atoms. The summed E-state index contributed by atoms with van der Waals surface area (Å²) >= 11 is 3.96. The Morgan fingerprint density at radius 3 is 2.65 bits per heavy atom. The van der Waals surface area contributed by atoms with Crippen molar-refractivity contribution in [2.75, 3.05) is 7.11 Å². The number of methoxy groups -OCH3 is 1. The molecule has 1 aromatic rings. The van der Waals surface area contributed by atoms with Crippen molar-refractivity contribution in [2.24, 2.45) is 0 Å². The lowest BCUT2D eigenvalue weighted by molar-refractivity contribution is -0.0501. The highest BCUT2D eigenvalue weighted by Gasteiger charge is 2.17. The van der Waals surface area contributed by atoms with E-state index in [2.05, 4.69) is 22.1 Å². The number of esters is 1. The minimum Gasteiger partial charge on any atom is -0.465 e. The zero-order valence-electron chi connectivity index (χ0n) is 8.61. The Balaban J connectivity index is 3.28. The van der Waals surface area contributed by atoms with E-state index in [1.165, 1.54) is 0 Å². The van der Waals surface area contributed by atoms with Crippen molar-refractivity contribution in [3.8, 4) is 11.8 Å². The summed E-state index contributed by atoms with van der Waals surface area (Å²) in [5, 5.41) is 8.72. The maximum atomic E-state index is 12.1. The van der Waals surface area contributed by atoms with Crippen LogP contribution in [-0.2, 0) is 4.74 Å². The van der Waals surface area contributed by atoms with E-state index >= 15 is 0 Å². The zero-order chi connectivity index (χ0) is 13.0. The van der Waals surface area contributed by atoms with Gasteiger partial charge in [0.15, 0.2) is 0 Å². The van der Waals surface area contributed by atoms with E-state index in [1.54, 1.807) is 6.07 Å². The first-order valence-electron chi connectivity index (χ1n) is 4.29. The Bertz CT molecular complexity index is 485. The number of ether oxygens (including phenoxy) is 2. The van der Waals surface area contributed by atoms with Gasteiger partial charge in [0.2, 0.25) is 0 Å². The standard InChI is InChI=1S/C10H7F2NO3S/c1-15-9(14)6-3-7(16-10(11)12)5(4-13)2-8(6)17/h2-3,10,17H,1H3. The number of carbonyl (C=O) groups is 1. The Labute approximate surface area is 101 Å². The van der Waals surface area contributed by atoms with E-state index in [1.807, 2.05) is 0 Å². The van der Waals surface area contributed by atoms with Crippen molar-refractivity contribution < 1.29 is 23.0 Å². The molecule has 1 rings (SSSR count). The summed E-state index contributed by atoms with van der Waals surface area (Å²) in [5.74, 6) is -1.14. The third-order valence-electron chi connectivity index (χ3n) is 1.84. The molecule has 4 nitrogen and oxygen atoms in total. The third-order valence-corrected chi connectivity index (χ3v) is 2.21. The van der Waals surface area contributed by atoms with E-state index in [-0.39, 0.29) is 21.8 Å². The van der Waals surface area contributed by atoms with Gasteiger partial charge in [-0.2, -0.15) is 14.0 Å². The average molecular weight is 259 g/mol. The lowest BCUT2D eigenvalue weighted by Gasteiger charge is -2.09. The second kappa shape index (κ2) is 5.50. The number of carbonyl (C=O) groups excluding carboxylic acids is 1. The Morgan fingerprint density at radius 1 is 1.53 bits per heavy atom. The second-order valence-corrected chi connectivity index (χ2v) is 3.33. The Morgan fingerprint density at radius 2 is 2.18 bits per heavy atom. The third kappa shape index (κ3) is 3.07. The van der Waals surface area contributed by atoms with Crippen LogP contribution in [0.25, 0.3) is 0 Å². The van der Waals surface area contributed by atoms with Crippen molar-refractivity contribution in [3.05, 3.63) is 23.3 Å². The van der Waals surface area contributed by atoms with E-state index < -0.39 is 12.6 Å². The highest BCUT2D eigenvalue weighted by Crippen LogP contribution is 2.27. The normalized spacial score (nSPS) is 9.88. The highest BCUT2D eigenvalue weighted by atomic mass is 32.1. The zero-order valence-corrected chi connectivity index (χ0v) is 9.50. The largest absolute Gasteiger partial charge is 0.465 e. The molecule has 0 aliphatic heterocycles. The number of rotatable bonds is 3. The van der Waals surface area contributed by atoms with E-state index in [9.17, 15) is 13.6 Å². The van der Waals surface area contributed by atoms with E-state index in [0.29, 0.717) is 0 Å². The van der Waals surface area contributed by atoms with Gasteiger partial charge in [0.05, 0.1) is 18.2 Å². The summed E-state index contributed by atoms with van der Waals surface area (Å²) in [6.07, 6.45) is 0. The molecule has 0 aromatic heterocycles. The molecule has 1 aromatic carbocycles. The first-order valence-corrected chi connectivity index (χ1v) is 4.74. The van der Waals surface area contributed by atoms with Gasteiger partial charge in [0.25, 0.3) is 0 Å². The molecule has 7 heteroatoms. The monoisotopic (exact) mass is 259 g/mol. The minimum atomic E-state index is -3.08. The van der Waals surface area contributed by atoms with Crippen LogP contribution in [0.5, 0.6) is 5.75 Å². The predicted molar refractivity (Wildman–Crippen MR) is 56.4 cm³/mol. The van der Waals surface area contributed by atoms with Gasteiger partial charge in [-0.3, -0.25) is 0 Å². The fourth-order valence-corrected chi connectivity index (χ4v) is 1.41. The molecule has 0 amide bonds. The van der Waals surface area contributed by atoms with Crippen molar-refractivity contribution in [2.45, 2.75) is 11.5 Å². The van der Waals surface area contributed by atoms with Crippen LogP contribution < -0.4 is 4.74 Å². The molecular weight excluding hydrogens is 252 g/mol. The van der Waals surface area contributed by atoms with Crippen LogP contribution in [0.15, 0.2) is 17.0 Å². The fraction of sp³-hybridized carbons (Fsp3) is 0.200. The number of nitrogens with zero attached hydrogens (tertiary/aromatic N) is 1. The lowest BCUT2D eigenvalue weighted by atomic mass is 10.1.